The Morgan fingerprint density at radius 1 is 1.00 bits per heavy atom. The van der Waals surface area contributed by atoms with Crippen molar-refractivity contribution in [1.29, 1.82) is 0 Å². The molecular formula is C15H13BrO. The second-order valence-electron chi connectivity index (χ2n) is 3.85. The smallest absolute Gasteiger partial charge is 0.133 e. The van der Waals surface area contributed by atoms with Gasteiger partial charge in [-0.25, -0.2) is 0 Å². The van der Waals surface area contributed by atoms with Crippen LogP contribution in [0.3, 0.4) is 0 Å². The van der Waals surface area contributed by atoms with Crippen molar-refractivity contribution in [3.8, 4) is 0 Å². The van der Waals surface area contributed by atoms with Crippen molar-refractivity contribution in [3.05, 3.63) is 82.9 Å². The minimum atomic E-state index is -1.15. The van der Waals surface area contributed by atoms with Crippen molar-refractivity contribution in [1.82, 2.24) is 0 Å². The van der Waals surface area contributed by atoms with Crippen molar-refractivity contribution in [2.24, 2.45) is 0 Å². The van der Waals surface area contributed by atoms with Crippen LogP contribution in [0, 0.1) is 0 Å². The maximum atomic E-state index is 10.7. The Labute approximate surface area is 110 Å². The Hall–Kier alpha value is -1.38. The van der Waals surface area contributed by atoms with Crippen molar-refractivity contribution in [3.63, 3.8) is 0 Å². The van der Waals surface area contributed by atoms with Crippen LogP contribution in [0.15, 0.2) is 71.7 Å². The fraction of sp³-hybridized carbons (Fsp3) is 0.0667. The fourth-order valence-electron chi connectivity index (χ4n) is 1.82. The zero-order valence-electron chi connectivity index (χ0n) is 9.31. The Balaban J connectivity index is 2.56. The normalized spacial score (nSPS) is 14.0. The van der Waals surface area contributed by atoms with Gasteiger partial charge in [0.05, 0.1) is 0 Å². The van der Waals surface area contributed by atoms with Crippen LogP contribution in [0.4, 0.5) is 0 Å². The molecule has 0 aromatic heterocycles. The van der Waals surface area contributed by atoms with Crippen LogP contribution >= 0.6 is 15.9 Å². The molecular weight excluding hydrogens is 276 g/mol. The summed E-state index contributed by atoms with van der Waals surface area (Å²) in [5, 5.41) is 10.7. The first-order chi connectivity index (χ1) is 8.16. The van der Waals surface area contributed by atoms with Crippen LogP contribution < -0.4 is 0 Å². The van der Waals surface area contributed by atoms with E-state index in [0.29, 0.717) is 0 Å². The van der Waals surface area contributed by atoms with E-state index in [1.54, 1.807) is 6.08 Å². The van der Waals surface area contributed by atoms with Gasteiger partial charge in [0.25, 0.3) is 0 Å². The van der Waals surface area contributed by atoms with Gasteiger partial charge in [-0.2, -0.15) is 0 Å². The summed E-state index contributed by atoms with van der Waals surface area (Å²) in [6.07, 6.45) is 1.56. The molecule has 86 valence electrons. The molecule has 2 aromatic carbocycles. The van der Waals surface area contributed by atoms with E-state index in [-0.39, 0.29) is 0 Å². The molecule has 0 aliphatic carbocycles. The van der Waals surface area contributed by atoms with Crippen LogP contribution in [0.2, 0.25) is 0 Å². The topological polar surface area (TPSA) is 20.2 Å². The van der Waals surface area contributed by atoms with Gasteiger partial charge in [-0.1, -0.05) is 71.0 Å². The predicted molar refractivity (Wildman–Crippen MR) is 73.8 cm³/mol. The van der Waals surface area contributed by atoms with E-state index in [0.717, 1.165) is 15.6 Å². The van der Waals surface area contributed by atoms with Crippen molar-refractivity contribution in [2.45, 2.75) is 5.60 Å². The highest BCUT2D eigenvalue weighted by Gasteiger charge is 2.27. The molecule has 0 aliphatic heterocycles. The summed E-state index contributed by atoms with van der Waals surface area (Å²) in [5.41, 5.74) is 0.464. The van der Waals surface area contributed by atoms with Gasteiger partial charge in [0.2, 0.25) is 0 Å². The fourth-order valence-corrected chi connectivity index (χ4v) is 2.22. The number of hydrogen-bond donors (Lipinski definition) is 1. The molecule has 0 aliphatic rings. The largest absolute Gasteiger partial charge is 0.377 e. The lowest BCUT2D eigenvalue weighted by molar-refractivity contribution is 0.135. The molecule has 0 fully saturated rings. The molecule has 2 heteroatoms. The Kier molecular flexibility index (Phi) is 3.46. The molecule has 1 atom stereocenters. The quantitative estimate of drug-likeness (QED) is 0.850. The second kappa shape index (κ2) is 4.86. The predicted octanol–water partition coefficient (Wildman–Crippen LogP) is 3.87. The van der Waals surface area contributed by atoms with Gasteiger partial charge in [-0.05, 0) is 23.3 Å². The summed E-state index contributed by atoms with van der Waals surface area (Å²) in [6.45, 7) is 3.75. The van der Waals surface area contributed by atoms with E-state index in [1.165, 1.54) is 0 Å². The summed E-state index contributed by atoms with van der Waals surface area (Å²) in [4.78, 5) is 0. The Morgan fingerprint density at radius 2 is 1.65 bits per heavy atom. The van der Waals surface area contributed by atoms with E-state index in [4.69, 9.17) is 0 Å². The molecule has 0 bridgehead atoms. The van der Waals surface area contributed by atoms with E-state index < -0.39 is 5.60 Å². The third-order valence-corrected chi connectivity index (χ3v) is 3.27. The summed E-state index contributed by atoms with van der Waals surface area (Å²) in [6, 6.07) is 17.1. The molecule has 17 heavy (non-hydrogen) atoms. The number of rotatable bonds is 3. The lowest BCUT2D eigenvalue weighted by atomic mass is 9.86. The molecule has 2 aromatic rings. The summed E-state index contributed by atoms with van der Waals surface area (Å²) >= 11 is 3.41. The first-order valence-corrected chi connectivity index (χ1v) is 6.13. The highest BCUT2D eigenvalue weighted by atomic mass is 79.9. The van der Waals surface area contributed by atoms with Gasteiger partial charge < -0.3 is 5.11 Å². The molecule has 0 radical (unpaired) electrons. The van der Waals surface area contributed by atoms with E-state index in [9.17, 15) is 5.11 Å². The zero-order chi connectivity index (χ0) is 12.3. The van der Waals surface area contributed by atoms with Crippen molar-refractivity contribution < 1.29 is 5.11 Å². The van der Waals surface area contributed by atoms with Gasteiger partial charge in [-0.15, -0.1) is 0 Å². The Morgan fingerprint density at radius 3 is 2.24 bits per heavy atom. The second-order valence-corrected chi connectivity index (χ2v) is 4.76. The zero-order valence-corrected chi connectivity index (χ0v) is 10.9. The summed E-state index contributed by atoms with van der Waals surface area (Å²) in [7, 11) is 0. The average Bonchev–Trinajstić information content (AvgIpc) is 2.39. The van der Waals surface area contributed by atoms with Gasteiger partial charge >= 0.3 is 0 Å². The SMILES string of the molecule is C=CC(O)(c1ccccc1)c1cccc(Br)c1. The molecule has 0 heterocycles. The van der Waals surface area contributed by atoms with Gasteiger partial charge in [0, 0.05) is 4.47 Å². The van der Waals surface area contributed by atoms with Crippen LogP contribution in [0.1, 0.15) is 11.1 Å². The molecule has 0 spiro atoms. The first-order valence-electron chi connectivity index (χ1n) is 5.34. The lowest BCUT2D eigenvalue weighted by Crippen LogP contribution is -2.24. The molecule has 2 rings (SSSR count). The van der Waals surface area contributed by atoms with Crippen molar-refractivity contribution in [2.75, 3.05) is 0 Å². The molecule has 1 unspecified atom stereocenters. The number of halogens is 1. The standard InChI is InChI=1S/C15H13BrO/c1-2-15(17,12-7-4-3-5-8-12)13-9-6-10-14(16)11-13/h2-11,17H,1H2. The van der Waals surface area contributed by atoms with E-state index in [2.05, 4.69) is 22.5 Å². The van der Waals surface area contributed by atoms with Crippen LogP contribution in [-0.4, -0.2) is 5.11 Å². The van der Waals surface area contributed by atoms with E-state index >= 15 is 0 Å². The number of benzene rings is 2. The lowest BCUT2D eigenvalue weighted by Gasteiger charge is -2.25. The average molecular weight is 289 g/mol. The maximum Gasteiger partial charge on any atom is 0.133 e. The highest BCUT2D eigenvalue weighted by Crippen LogP contribution is 2.31. The molecule has 1 nitrogen and oxygen atoms in total. The highest BCUT2D eigenvalue weighted by molar-refractivity contribution is 9.10. The van der Waals surface area contributed by atoms with Crippen LogP contribution in [0.25, 0.3) is 0 Å². The minimum Gasteiger partial charge on any atom is -0.377 e. The van der Waals surface area contributed by atoms with Gasteiger partial charge in [-0.3, -0.25) is 0 Å². The van der Waals surface area contributed by atoms with E-state index in [1.807, 2.05) is 54.6 Å². The third kappa shape index (κ3) is 2.33. The molecule has 0 amide bonds. The monoisotopic (exact) mass is 288 g/mol. The van der Waals surface area contributed by atoms with Crippen LogP contribution in [-0.2, 0) is 5.60 Å². The Bertz CT molecular complexity index is 521. The third-order valence-electron chi connectivity index (χ3n) is 2.77. The summed E-state index contributed by atoms with van der Waals surface area (Å²) < 4.78 is 0.936. The van der Waals surface area contributed by atoms with Crippen LogP contribution in [0.5, 0.6) is 0 Å². The number of aliphatic hydroxyl groups is 1. The maximum absolute atomic E-state index is 10.7. The van der Waals surface area contributed by atoms with Crippen molar-refractivity contribution >= 4 is 15.9 Å². The molecule has 0 saturated heterocycles. The van der Waals surface area contributed by atoms with Gasteiger partial charge in [0.1, 0.15) is 5.60 Å². The first kappa shape index (κ1) is 12.1. The number of hydrogen-bond acceptors (Lipinski definition) is 1. The molecule has 0 saturated carbocycles. The van der Waals surface area contributed by atoms with Gasteiger partial charge in [0.15, 0.2) is 0 Å². The minimum absolute atomic E-state index is 0.799. The summed E-state index contributed by atoms with van der Waals surface area (Å²) in [5.74, 6) is 0. The molecule has 1 N–H and O–H groups in total.